The van der Waals surface area contributed by atoms with E-state index in [0.29, 0.717) is 41.4 Å². The quantitative estimate of drug-likeness (QED) is 0.270. The van der Waals surface area contributed by atoms with Crippen LogP contribution in [0.25, 0.3) is 22.3 Å². The maximum Gasteiger partial charge on any atom is 0.221 e. The van der Waals surface area contributed by atoms with Crippen molar-refractivity contribution < 1.29 is 9.18 Å². The fraction of sp³-hybridized carbons (Fsp3) is 0.276. The number of benzene rings is 3. The molecule has 7 heteroatoms. The first-order valence-corrected chi connectivity index (χ1v) is 12.6. The Balaban J connectivity index is 1.72. The van der Waals surface area contributed by atoms with Crippen molar-refractivity contribution in [2.75, 3.05) is 18.0 Å². The lowest BCUT2D eigenvalue weighted by Crippen LogP contribution is -2.36. The van der Waals surface area contributed by atoms with Crippen molar-refractivity contribution in [2.45, 2.75) is 39.2 Å². The van der Waals surface area contributed by atoms with Crippen molar-refractivity contribution in [1.82, 2.24) is 15.3 Å². The minimum atomic E-state index is -0.320. The lowest BCUT2D eigenvalue weighted by atomic mass is 10.1. The Morgan fingerprint density at radius 2 is 1.78 bits per heavy atom. The lowest BCUT2D eigenvalue weighted by Gasteiger charge is -2.26. The molecule has 0 aliphatic rings. The van der Waals surface area contributed by atoms with Gasteiger partial charge >= 0.3 is 0 Å². The number of fused-ring (bicyclic) bond motifs is 1. The SMILES string of the molecule is CC[C@H](C)NC(=O)CCN(CCc1ccccc1)c1nc(-c2ccc(F)cc2)nc2cc(Cl)ccc12. The number of anilines is 1. The van der Waals surface area contributed by atoms with Crippen LogP contribution in [-0.4, -0.2) is 35.0 Å². The van der Waals surface area contributed by atoms with Crippen molar-refractivity contribution in [2.24, 2.45) is 0 Å². The molecule has 0 spiro atoms. The lowest BCUT2D eigenvalue weighted by molar-refractivity contribution is -0.121. The number of nitrogens with zero attached hydrogens (tertiary/aromatic N) is 3. The van der Waals surface area contributed by atoms with E-state index in [9.17, 15) is 9.18 Å². The van der Waals surface area contributed by atoms with Gasteiger partial charge in [0.25, 0.3) is 0 Å². The monoisotopic (exact) mass is 504 g/mol. The van der Waals surface area contributed by atoms with Gasteiger partial charge in [-0.1, -0.05) is 48.9 Å². The zero-order valence-corrected chi connectivity index (χ0v) is 21.3. The molecule has 1 N–H and O–H groups in total. The molecule has 5 nitrogen and oxygen atoms in total. The molecule has 0 bridgehead atoms. The minimum absolute atomic E-state index is 0.00854. The number of amides is 1. The molecule has 3 aromatic carbocycles. The summed E-state index contributed by atoms with van der Waals surface area (Å²) < 4.78 is 13.6. The van der Waals surface area contributed by atoms with Crippen molar-refractivity contribution in [3.63, 3.8) is 0 Å². The van der Waals surface area contributed by atoms with Crippen molar-refractivity contribution in [3.8, 4) is 11.4 Å². The maximum atomic E-state index is 13.6. The van der Waals surface area contributed by atoms with Crippen LogP contribution in [0.15, 0.2) is 72.8 Å². The highest BCUT2D eigenvalue weighted by Crippen LogP contribution is 2.30. The van der Waals surface area contributed by atoms with Crippen molar-refractivity contribution >= 4 is 34.2 Å². The van der Waals surface area contributed by atoms with E-state index in [0.717, 1.165) is 24.0 Å². The average Bonchev–Trinajstić information content (AvgIpc) is 2.89. The average molecular weight is 505 g/mol. The summed E-state index contributed by atoms with van der Waals surface area (Å²) in [5, 5.41) is 4.46. The Morgan fingerprint density at radius 3 is 2.50 bits per heavy atom. The summed E-state index contributed by atoms with van der Waals surface area (Å²) in [6.07, 6.45) is 2.00. The van der Waals surface area contributed by atoms with Crippen LogP contribution < -0.4 is 10.2 Å². The highest BCUT2D eigenvalue weighted by molar-refractivity contribution is 6.31. The number of hydrogen-bond donors (Lipinski definition) is 1. The summed E-state index contributed by atoms with van der Waals surface area (Å²) in [6.45, 7) is 5.21. The fourth-order valence-electron chi connectivity index (χ4n) is 3.97. The molecule has 36 heavy (non-hydrogen) atoms. The first-order valence-electron chi connectivity index (χ1n) is 12.2. The number of nitrogens with one attached hydrogen (secondary N) is 1. The van der Waals surface area contributed by atoms with Gasteiger partial charge in [0.15, 0.2) is 5.82 Å². The summed E-state index contributed by atoms with van der Waals surface area (Å²) in [4.78, 5) is 24.4. The third-order valence-electron chi connectivity index (χ3n) is 6.18. The van der Waals surface area contributed by atoms with Gasteiger partial charge in [-0.2, -0.15) is 0 Å². The topological polar surface area (TPSA) is 58.1 Å². The van der Waals surface area contributed by atoms with Gasteiger partial charge in [-0.25, -0.2) is 14.4 Å². The first kappa shape index (κ1) is 25.6. The molecule has 1 atom stereocenters. The van der Waals surface area contributed by atoms with E-state index in [1.807, 2.05) is 44.2 Å². The second-order valence-corrected chi connectivity index (χ2v) is 9.33. The predicted molar refractivity (Wildman–Crippen MR) is 145 cm³/mol. The molecule has 0 radical (unpaired) electrons. The normalized spacial score (nSPS) is 11.9. The van der Waals surface area contributed by atoms with E-state index in [1.54, 1.807) is 18.2 Å². The van der Waals surface area contributed by atoms with Gasteiger partial charge < -0.3 is 10.2 Å². The number of halogens is 2. The van der Waals surface area contributed by atoms with Gasteiger partial charge in [0.2, 0.25) is 5.91 Å². The number of aromatic nitrogens is 2. The van der Waals surface area contributed by atoms with Crippen LogP contribution in [0.2, 0.25) is 5.02 Å². The molecule has 1 amide bonds. The smallest absolute Gasteiger partial charge is 0.221 e. The Kier molecular flexibility index (Phi) is 8.49. The minimum Gasteiger partial charge on any atom is -0.355 e. The van der Waals surface area contributed by atoms with Gasteiger partial charge in [-0.3, -0.25) is 4.79 Å². The van der Waals surface area contributed by atoms with Crippen LogP contribution >= 0.6 is 11.6 Å². The van der Waals surface area contributed by atoms with E-state index in [2.05, 4.69) is 22.3 Å². The third-order valence-corrected chi connectivity index (χ3v) is 6.42. The molecule has 0 aliphatic heterocycles. The Bertz CT molecular complexity index is 1310. The molecule has 0 unspecified atom stereocenters. The molecule has 0 fully saturated rings. The van der Waals surface area contributed by atoms with Crippen molar-refractivity contribution in [3.05, 3.63) is 89.2 Å². The molecule has 4 aromatic rings. The molecule has 1 aromatic heterocycles. The van der Waals surface area contributed by atoms with Crippen LogP contribution in [0, 0.1) is 5.82 Å². The maximum absolute atomic E-state index is 13.6. The van der Waals surface area contributed by atoms with Gasteiger partial charge in [0.05, 0.1) is 5.52 Å². The first-order chi connectivity index (χ1) is 17.4. The van der Waals surface area contributed by atoms with Crippen LogP contribution in [0.5, 0.6) is 0 Å². The molecule has 4 rings (SSSR count). The second-order valence-electron chi connectivity index (χ2n) is 8.89. The van der Waals surface area contributed by atoms with Crippen LogP contribution in [0.4, 0.5) is 10.2 Å². The molecule has 1 heterocycles. The van der Waals surface area contributed by atoms with E-state index in [-0.39, 0.29) is 17.8 Å². The zero-order valence-electron chi connectivity index (χ0n) is 20.5. The summed E-state index contributed by atoms with van der Waals surface area (Å²) >= 11 is 6.30. The molecule has 186 valence electrons. The Labute approximate surface area is 216 Å². The number of rotatable bonds is 10. The number of hydrogen-bond acceptors (Lipinski definition) is 4. The highest BCUT2D eigenvalue weighted by Gasteiger charge is 2.18. The predicted octanol–water partition coefficient (Wildman–Crippen LogP) is 6.44. The van der Waals surface area contributed by atoms with Crippen LogP contribution in [0.1, 0.15) is 32.3 Å². The van der Waals surface area contributed by atoms with E-state index < -0.39 is 0 Å². The van der Waals surface area contributed by atoms with Gasteiger partial charge in [-0.15, -0.1) is 0 Å². The summed E-state index contributed by atoms with van der Waals surface area (Å²) in [5.74, 6) is 0.894. The molecular formula is C29H30ClFN4O. The van der Waals surface area contributed by atoms with E-state index in [4.69, 9.17) is 21.6 Å². The summed E-state index contributed by atoms with van der Waals surface area (Å²) in [6, 6.07) is 22.0. The largest absolute Gasteiger partial charge is 0.355 e. The Hall–Kier alpha value is -3.51. The summed E-state index contributed by atoms with van der Waals surface area (Å²) in [7, 11) is 0. The molecular weight excluding hydrogens is 475 g/mol. The van der Waals surface area contributed by atoms with Crippen molar-refractivity contribution in [1.29, 1.82) is 0 Å². The number of carbonyl (C=O) groups excluding carboxylic acids is 1. The third kappa shape index (κ3) is 6.58. The highest BCUT2D eigenvalue weighted by atomic mass is 35.5. The standard InChI is InChI=1S/C29H30ClFN4O/c1-3-20(2)32-27(36)16-18-35(17-15-21-7-5-4-6-8-21)29-25-14-11-23(30)19-26(25)33-28(34-29)22-9-12-24(31)13-10-22/h4-14,19-20H,3,15-18H2,1-2H3,(H,32,36)/t20-/m0/s1. The van der Waals surface area contributed by atoms with Gasteiger partial charge in [0, 0.05) is 41.5 Å². The molecule has 0 saturated carbocycles. The van der Waals surface area contributed by atoms with E-state index >= 15 is 0 Å². The zero-order chi connectivity index (χ0) is 25.5. The molecule has 0 aliphatic carbocycles. The summed E-state index contributed by atoms with van der Waals surface area (Å²) in [5.41, 5.74) is 2.60. The molecule has 0 saturated heterocycles. The Morgan fingerprint density at radius 1 is 1.03 bits per heavy atom. The van der Waals surface area contributed by atoms with Crippen LogP contribution in [-0.2, 0) is 11.2 Å². The number of carbonyl (C=O) groups is 1. The van der Waals surface area contributed by atoms with E-state index in [1.165, 1.54) is 17.7 Å². The van der Waals surface area contributed by atoms with Crippen LogP contribution in [0.3, 0.4) is 0 Å². The second kappa shape index (κ2) is 12.0. The van der Waals surface area contributed by atoms with Gasteiger partial charge in [-0.05, 0) is 67.8 Å². The van der Waals surface area contributed by atoms with Gasteiger partial charge in [0.1, 0.15) is 11.6 Å². The fourth-order valence-corrected chi connectivity index (χ4v) is 4.14.